The van der Waals surface area contributed by atoms with Gasteiger partial charge in [-0.2, -0.15) is 0 Å². The standard InChI is InChI=1S/C25H32ClN3OS2/c1-4-19-9-7-10-22-24(19)27-25(32-22)29(17-16-28(5-2)6-3)23(30)11-8-18-31-21-14-12-20(26)13-15-21/h7,9-10,12-15H,4-6,8,11,16-18H2,1-3H3. The number of hydrogen-bond acceptors (Lipinski definition) is 5. The van der Waals surface area contributed by atoms with Gasteiger partial charge in [0.25, 0.3) is 0 Å². The average Bonchev–Trinajstić information content (AvgIpc) is 3.24. The second-order valence-corrected chi connectivity index (χ2v) is 10.2. The van der Waals surface area contributed by atoms with Crippen LogP contribution in [0.3, 0.4) is 0 Å². The summed E-state index contributed by atoms with van der Waals surface area (Å²) in [5, 5.41) is 1.57. The molecule has 4 nitrogen and oxygen atoms in total. The van der Waals surface area contributed by atoms with Crippen LogP contribution in [0.15, 0.2) is 47.4 Å². The molecule has 0 aliphatic heterocycles. The van der Waals surface area contributed by atoms with Crippen molar-refractivity contribution >= 4 is 56.0 Å². The fourth-order valence-corrected chi connectivity index (χ4v) is 5.62. The third kappa shape index (κ3) is 6.70. The quantitative estimate of drug-likeness (QED) is 0.208. The molecule has 0 saturated carbocycles. The number of carbonyl (C=O) groups is 1. The van der Waals surface area contributed by atoms with Gasteiger partial charge < -0.3 is 4.90 Å². The molecular formula is C25H32ClN3OS2. The maximum atomic E-state index is 13.3. The Kier molecular flexibility index (Phi) is 9.85. The van der Waals surface area contributed by atoms with Gasteiger partial charge in [-0.25, -0.2) is 4.98 Å². The third-order valence-electron chi connectivity index (χ3n) is 5.56. The summed E-state index contributed by atoms with van der Waals surface area (Å²) in [4.78, 5) is 23.6. The van der Waals surface area contributed by atoms with Crippen LogP contribution in [0.25, 0.3) is 10.2 Å². The number of amides is 1. The first-order valence-corrected chi connectivity index (χ1v) is 13.5. The van der Waals surface area contributed by atoms with E-state index in [0.29, 0.717) is 13.0 Å². The third-order valence-corrected chi connectivity index (χ3v) is 7.95. The van der Waals surface area contributed by atoms with Gasteiger partial charge in [-0.05, 0) is 67.6 Å². The Morgan fingerprint density at radius 3 is 2.50 bits per heavy atom. The Labute approximate surface area is 205 Å². The molecule has 0 spiro atoms. The van der Waals surface area contributed by atoms with Crippen LogP contribution in [-0.4, -0.2) is 47.7 Å². The summed E-state index contributed by atoms with van der Waals surface area (Å²) in [6, 6.07) is 14.2. The summed E-state index contributed by atoms with van der Waals surface area (Å²) in [5.41, 5.74) is 2.27. The van der Waals surface area contributed by atoms with Gasteiger partial charge in [0.15, 0.2) is 5.13 Å². The highest BCUT2D eigenvalue weighted by atomic mass is 35.5. The van der Waals surface area contributed by atoms with Crippen LogP contribution in [0, 0.1) is 0 Å². The lowest BCUT2D eigenvalue weighted by Gasteiger charge is -2.24. The highest BCUT2D eigenvalue weighted by Gasteiger charge is 2.20. The minimum absolute atomic E-state index is 0.158. The fourth-order valence-electron chi connectivity index (χ4n) is 3.58. The summed E-state index contributed by atoms with van der Waals surface area (Å²) < 4.78 is 1.15. The van der Waals surface area contributed by atoms with Gasteiger partial charge in [0.2, 0.25) is 5.91 Å². The zero-order valence-electron chi connectivity index (χ0n) is 19.1. The molecule has 3 rings (SSSR count). The number of aryl methyl sites for hydroxylation is 1. The number of nitrogens with zero attached hydrogens (tertiary/aromatic N) is 3. The minimum atomic E-state index is 0.158. The van der Waals surface area contributed by atoms with E-state index in [0.717, 1.165) is 58.6 Å². The van der Waals surface area contributed by atoms with Gasteiger partial charge in [-0.1, -0.05) is 55.8 Å². The van der Waals surface area contributed by atoms with Crippen molar-refractivity contribution in [2.45, 2.75) is 44.9 Å². The lowest BCUT2D eigenvalue weighted by molar-refractivity contribution is -0.118. The van der Waals surface area contributed by atoms with Crippen molar-refractivity contribution in [1.29, 1.82) is 0 Å². The maximum absolute atomic E-state index is 13.3. The predicted molar refractivity (Wildman–Crippen MR) is 141 cm³/mol. The molecule has 0 aliphatic carbocycles. The van der Waals surface area contributed by atoms with E-state index in [1.54, 1.807) is 23.1 Å². The van der Waals surface area contributed by atoms with Crippen molar-refractivity contribution in [3.63, 3.8) is 0 Å². The first-order valence-electron chi connectivity index (χ1n) is 11.3. The van der Waals surface area contributed by atoms with E-state index < -0.39 is 0 Å². The molecule has 0 radical (unpaired) electrons. The van der Waals surface area contributed by atoms with Crippen molar-refractivity contribution in [3.05, 3.63) is 53.1 Å². The zero-order chi connectivity index (χ0) is 22.9. The molecule has 172 valence electrons. The number of halogens is 1. The van der Waals surface area contributed by atoms with E-state index in [4.69, 9.17) is 16.6 Å². The molecule has 32 heavy (non-hydrogen) atoms. The normalized spacial score (nSPS) is 11.4. The zero-order valence-corrected chi connectivity index (χ0v) is 21.5. The summed E-state index contributed by atoms with van der Waals surface area (Å²) in [7, 11) is 0. The molecule has 0 aliphatic rings. The number of likely N-dealkylation sites (N-methyl/N-ethyl adjacent to an activating group) is 1. The number of rotatable bonds is 12. The molecule has 1 amide bonds. The molecule has 0 unspecified atom stereocenters. The van der Waals surface area contributed by atoms with Crippen molar-refractivity contribution in [2.24, 2.45) is 0 Å². The molecule has 0 bridgehead atoms. The number of thioether (sulfide) groups is 1. The van der Waals surface area contributed by atoms with Crippen molar-refractivity contribution in [2.75, 3.05) is 36.8 Å². The number of para-hydroxylation sites is 1. The van der Waals surface area contributed by atoms with E-state index in [-0.39, 0.29) is 5.91 Å². The van der Waals surface area contributed by atoms with E-state index in [1.165, 1.54) is 10.5 Å². The van der Waals surface area contributed by atoms with Crippen LogP contribution in [0.4, 0.5) is 5.13 Å². The average molecular weight is 490 g/mol. The molecule has 7 heteroatoms. The lowest BCUT2D eigenvalue weighted by atomic mass is 10.1. The topological polar surface area (TPSA) is 36.4 Å². The van der Waals surface area contributed by atoms with Crippen LogP contribution in [-0.2, 0) is 11.2 Å². The largest absolute Gasteiger partial charge is 0.302 e. The lowest BCUT2D eigenvalue weighted by Crippen LogP contribution is -2.38. The van der Waals surface area contributed by atoms with E-state index in [1.807, 2.05) is 29.2 Å². The van der Waals surface area contributed by atoms with Gasteiger partial charge in [0.05, 0.1) is 10.2 Å². The molecule has 3 aromatic rings. The Morgan fingerprint density at radius 2 is 1.81 bits per heavy atom. The van der Waals surface area contributed by atoms with Crippen LogP contribution in [0.2, 0.25) is 5.02 Å². The molecule has 0 fully saturated rings. The van der Waals surface area contributed by atoms with Crippen molar-refractivity contribution in [3.8, 4) is 0 Å². The van der Waals surface area contributed by atoms with Gasteiger partial charge in [-0.15, -0.1) is 11.8 Å². The van der Waals surface area contributed by atoms with Crippen LogP contribution >= 0.6 is 34.7 Å². The Balaban J connectivity index is 1.68. The highest BCUT2D eigenvalue weighted by molar-refractivity contribution is 7.99. The number of hydrogen-bond donors (Lipinski definition) is 0. The second-order valence-electron chi connectivity index (χ2n) is 7.59. The molecule has 0 N–H and O–H groups in total. The fraction of sp³-hybridized carbons (Fsp3) is 0.440. The van der Waals surface area contributed by atoms with Crippen molar-refractivity contribution < 1.29 is 4.79 Å². The highest BCUT2D eigenvalue weighted by Crippen LogP contribution is 2.31. The molecule has 1 heterocycles. The summed E-state index contributed by atoms with van der Waals surface area (Å²) in [6.45, 7) is 9.96. The monoisotopic (exact) mass is 489 g/mol. The van der Waals surface area contributed by atoms with Gasteiger partial charge >= 0.3 is 0 Å². The Morgan fingerprint density at radius 1 is 1.06 bits per heavy atom. The number of aromatic nitrogens is 1. The van der Waals surface area contributed by atoms with Crippen LogP contribution in [0.5, 0.6) is 0 Å². The second kappa shape index (κ2) is 12.6. The molecular weight excluding hydrogens is 458 g/mol. The SMILES string of the molecule is CCc1cccc2sc(N(CCN(CC)CC)C(=O)CCCSc3ccc(Cl)cc3)nc12. The molecule has 0 saturated heterocycles. The molecule has 0 atom stereocenters. The first kappa shape index (κ1) is 25.0. The van der Waals surface area contributed by atoms with Crippen LogP contribution in [0.1, 0.15) is 39.2 Å². The summed E-state index contributed by atoms with van der Waals surface area (Å²) in [6.07, 6.45) is 2.30. The van der Waals surface area contributed by atoms with E-state index in [2.05, 4.69) is 43.9 Å². The smallest absolute Gasteiger partial charge is 0.228 e. The van der Waals surface area contributed by atoms with E-state index >= 15 is 0 Å². The predicted octanol–water partition coefficient (Wildman–Crippen LogP) is 6.76. The number of thiazole rings is 1. The summed E-state index contributed by atoms with van der Waals surface area (Å²) in [5.74, 6) is 1.06. The number of fused-ring (bicyclic) bond motifs is 1. The van der Waals surface area contributed by atoms with Crippen molar-refractivity contribution in [1.82, 2.24) is 9.88 Å². The van der Waals surface area contributed by atoms with Gasteiger partial charge in [0.1, 0.15) is 0 Å². The first-order chi connectivity index (χ1) is 15.5. The van der Waals surface area contributed by atoms with E-state index in [9.17, 15) is 4.79 Å². The number of benzene rings is 2. The summed E-state index contributed by atoms with van der Waals surface area (Å²) >= 11 is 9.35. The number of anilines is 1. The van der Waals surface area contributed by atoms with Crippen LogP contribution < -0.4 is 4.90 Å². The van der Waals surface area contributed by atoms with Gasteiger partial charge in [0, 0.05) is 29.4 Å². The molecule has 1 aromatic heterocycles. The Bertz CT molecular complexity index is 1000. The Hall–Kier alpha value is -1.60. The molecule has 2 aromatic carbocycles. The number of carbonyl (C=O) groups excluding carboxylic acids is 1. The minimum Gasteiger partial charge on any atom is -0.302 e. The van der Waals surface area contributed by atoms with Gasteiger partial charge in [-0.3, -0.25) is 9.69 Å². The maximum Gasteiger partial charge on any atom is 0.228 e.